The van der Waals surface area contributed by atoms with Crippen LogP contribution in [0.5, 0.6) is 0 Å². The molecule has 9 heteroatoms. The van der Waals surface area contributed by atoms with E-state index in [1.165, 1.54) is 18.6 Å². The third-order valence-electron chi connectivity index (χ3n) is 3.44. The summed E-state index contributed by atoms with van der Waals surface area (Å²) in [6, 6.07) is 7.18. The maximum atomic E-state index is 12.3. The number of nitrogens with one attached hydrogen (secondary N) is 1. The highest BCUT2D eigenvalue weighted by Crippen LogP contribution is 2.14. The molecule has 0 saturated carbocycles. The number of aromatic nitrogens is 2. The Hall–Kier alpha value is -3.25. The molecule has 8 nitrogen and oxygen atoms in total. The fourth-order valence-corrected chi connectivity index (χ4v) is 2.72. The molecule has 0 aliphatic carbocycles. The molecule has 0 unspecified atom stereocenters. The van der Waals surface area contributed by atoms with Crippen LogP contribution >= 0.6 is 11.5 Å². The van der Waals surface area contributed by atoms with Gasteiger partial charge in [-0.3, -0.25) is 4.79 Å². The van der Waals surface area contributed by atoms with Gasteiger partial charge in [0.05, 0.1) is 11.4 Å². The van der Waals surface area contributed by atoms with Crippen molar-refractivity contribution in [2.75, 3.05) is 13.7 Å². The molecule has 27 heavy (non-hydrogen) atoms. The van der Waals surface area contributed by atoms with Crippen LogP contribution in [0.4, 0.5) is 0 Å². The first kappa shape index (κ1) is 20.1. The Bertz CT molecular complexity index is 898. The van der Waals surface area contributed by atoms with Gasteiger partial charge in [0.25, 0.3) is 5.91 Å². The van der Waals surface area contributed by atoms with Crippen LogP contribution in [0, 0.1) is 19.3 Å². The number of nitrogens with zero attached hydrogens (tertiary/aromatic N) is 4. The van der Waals surface area contributed by atoms with Gasteiger partial charge in [0, 0.05) is 11.1 Å². The van der Waals surface area contributed by atoms with E-state index in [1.807, 2.05) is 19.1 Å². The lowest BCUT2D eigenvalue weighted by atomic mass is 10.0. The average Bonchev–Trinajstić information content (AvgIpc) is 3.10. The van der Waals surface area contributed by atoms with E-state index >= 15 is 0 Å². The summed E-state index contributed by atoms with van der Waals surface area (Å²) in [7, 11) is 1.37. The Kier molecular flexibility index (Phi) is 7.46. The molecule has 1 heterocycles. The minimum absolute atomic E-state index is 0.0880. The highest BCUT2D eigenvalue weighted by molar-refractivity contribution is 7.05. The highest BCUT2D eigenvalue weighted by atomic mass is 32.1. The van der Waals surface area contributed by atoms with Crippen molar-refractivity contribution in [2.45, 2.75) is 20.5 Å². The lowest BCUT2D eigenvalue weighted by Gasteiger charge is -2.10. The van der Waals surface area contributed by atoms with Crippen molar-refractivity contribution in [1.29, 1.82) is 0 Å². The summed E-state index contributed by atoms with van der Waals surface area (Å²) in [5.41, 5.74) is 2.70. The normalized spacial score (nSPS) is 11.6. The number of carbonyl (C=O) groups is 1. The predicted octanol–water partition coefficient (Wildman–Crippen LogP) is 1.89. The minimum Gasteiger partial charge on any atom is -0.398 e. The number of hydrogen-bond donors (Lipinski definition) is 1. The average molecular weight is 385 g/mol. The second-order valence-electron chi connectivity index (χ2n) is 5.29. The first-order chi connectivity index (χ1) is 13.1. The largest absolute Gasteiger partial charge is 0.398 e. The molecule has 0 radical (unpaired) electrons. The molecule has 0 fully saturated rings. The van der Waals surface area contributed by atoms with Gasteiger partial charge in [0.2, 0.25) is 0 Å². The fraction of sp³-hybridized carbons (Fsp3) is 0.278. The van der Waals surface area contributed by atoms with Crippen molar-refractivity contribution >= 4 is 28.9 Å². The summed E-state index contributed by atoms with van der Waals surface area (Å²) < 4.78 is 3.88. The Balaban J connectivity index is 2.19. The zero-order chi connectivity index (χ0) is 19.6. The SMILES string of the molecule is C#CCNC(=O)/C(=N/OC)c1ccccc1CO/N=C(/C)c1nnsc1C. The van der Waals surface area contributed by atoms with E-state index < -0.39 is 5.91 Å². The molecule has 0 aliphatic heterocycles. The smallest absolute Gasteiger partial charge is 0.274 e. The Labute approximate surface area is 161 Å². The third kappa shape index (κ3) is 5.36. The maximum absolute atomic E-state index is 12.3. The van der Waals surface area contributed by atoms with Crippen molar-refractivity contribution in [3.05, 3.63) is 46.0 Å². The molecule has 0 bridgehead atoms. The van der Waals surface area contributed by atoms with E-state index in [0.29, 0.717) is 22.5 Å². The summed E-state index contributed by atoms with van der Waals surface area (Å²) in [6.07, 6.45) is 5.18. The van der Waals surface area contributed by atoms with Gasteiger partial charge in [-0.25, -0.2) is 0 Å². The van der Waals surface area contributed by atoms with Gasteiger partial charge in [-0.15, -0.1) is 11.5 Å². The van der Waals surface area contributed by atoms with Crippen molar-refractivity contribution in [1.82, 2.24) is 14.9 Å². The number of hydrogen-bond acceptors (Lipinski definition) is 8. The first-order valence-corrected chi connectivity index (χ1v) is 8.72. The molecule has 1 amide bonds. The van der Waals surface area contributed by atoms with Gasteiger partial charge in [0.1, 0.15) is 25.1 Å². The molecule has 140 valence electrons. The second kappa shape index (κ2) is 10.0. The number of aryl methyl sites for hydroxylation is 1. The minimum atomic E-state index is -0.439. The Morgan fingerprint density at radius 3 is 2.81 bits per heavy atom. The van der Waals surface area contributed by atoms with E-state index in [1.54, 1.807) is 19.1 Å². The molecular formula is C18H19N5O3S. The molecular weight excluding hydrogens is 366 g/mol. The summed E-state index contributed by atoms with van der Waals surface area (Å²) in [6.45, 7) is 3.93. The van der Waals surface area contributed by atoms with Crippen LogP contribution in [0.3, 0.4) is 0 Å². The zero-order valence-electron chi connectivity index (χ0n) is 15.2. The number of terminal acetylenes is 1. The molecule has 2 aromatic rings. The summed E-state index contributed by atoms with van der Waals surface area (Å²) in [5, 5.41) is 14.5. The van der Waals surface area contributed by atoms with Gasteiger partial charge in [-0.05, 0) is 25.4 Å². The molecule has 0 spiro atoms. The van der Waals surface area contributed by atoms with E-state index in [0.717, 1.165) is 4.88 Å². The maximum Gasteiger partial charge on any atom is 0.274 e. The van der Waals surface area contributed by atoms with E-state index in [9.17, 15) is 4.79 Å². The third-order valence-corrected chi connectivity index (χ3v) is 4.07. The molecule has 2 rings (SSSR count). The zero-order valence-corrected chi connectivity index (χ0v) is 16.0. The monoisotopic (exact) mass is 385 g/mol. The van der Waals surface area contributed by atoms with Crippen LogP contribution in [-0.4, -0.2) is 40.6 Å². The molecule has 1 N–H and O–H groups in total. The Morgan fingerprint density at radius 2 is 2.15 bits per heavy atom. The number of amides is 1. The van der Waals surface area contributed by atoms with Crippen LogP contribution in [0.25, 0.3) is 0 Å². The summed E-state index contributed by atoms with van der Waals surface area (Å²) in [4.78, 5) is 23.5. The Morgan fingerprint density at radius 1 is 1.37 bits per heavy atom. The molecule has 0 aliphatic rings. The van der Waals surface area contributed by atoms with Gasteiger partial charge >= 0.3 is 0 Å². The van der Waals surface area contributed by atoms with Crippen LogP contribution in [-0.2, 0) is 21.1 Å². The van der Waals surface area contributed by atoms with Crippen LogP contribution in [0.2, 0.25) is 0 Å². The van der Waals surface area contributed by atoms with E-state index in [4.69, 9.17) is 16.1 Å². The lowest BCUT2D eigenvalue weighted by Crippen LogP contribution is -2.32. The topological polar surface area (TPSA) is 98.1 Å². The quantitative estimate of drug-likeness (QED) is 0.425. The highest BCUT2D eigenvalue weighted by Gasteiger charge is 2.18. The van der Waals surface area contributed by atoms with Crippen LogP contribution < -0.4 is 5.32 Å². The standard InChI is InChI=1S/C18H19N5O3S/c1-5-10-19-18(24)17(22-25-4)15-9-7-6-8-14(15)11-26-21-12(2)16-13(3)27-23-20-16/h1,6-9H,10-11H2,2-4H3,(H,19,24)/b21-12-,22-17+. The van der Waals surface area contributed by atoms with Crippen molar-refractivity contribution in [2.24, 2.45) is 10.3 Å². The lowest BCUT2D eigenvalue weighted by molar-refractivity contribution is -0.114. The van der Waals surface area contributed by atoms with Gasteiger partial charge < -0.3 is 15.0 Å². The fourth-order valence-electron chi connectivity index (χ4n) is 2.20. The van der Waals surface area contributed by atoms with Crippen molar-refractivity contribution in [3.8, 4) is 12.3 Å². The van der Waals surface area contributed by atoms with Crippen LogP contribution in [0.15, 0.2) is 34.6 Å². The second-order valence-corrected chi connectivity index (χ2v) is 6.25. The van der Waals surface area contributed by atoms with Crippen LogP contribution in [0.1, 0.15) is 28.6 Å². The number of oxime groups is 2. The van der Waals surface area contributed by atoms with Crippen molar-refractivity contribution in [3.63, 3.8) is 0 Å². The molecule has 0 saturated heterocycles. The van der Waals surface area contributed by atoms with E-state index in [2.05, 4.69) is 31.1 Å². The number of benzene rings is 1. The van der Waals surface area contributed by atoms with Gasteiger partial charge in [-0.2, -0.15) is 0 Å². The molecule has 1 aromatic heterocycles. The van der Waals surface area contributed by atoms with E-state index in [-0.39, 0.29) is 18.9 Å². The first-order valence-electron chi connectivity index (χ1n) is 7.95. The number of carbonyl (C=O) groups excluding carboxylic acids is 1. The van der Waals surface area contributed by atoms with Gasteiger partial charge in [0.15, 0.2) is 5.71 Å². The van der Waals surface area contributed by atoms with Gasteiger partial charge in [-0.1, -0.05) is 45.0 Å². The number of rotatable bonds is 8. The summed E-state index contributed by atoms with van der Waals surface area (Å²) >= 11 is 1.30. The predicted molar refractivity (Wildman–Crippen MR) is 103 cm³/mol. The summed E-state index contributed by atoms with van der Waals surface area (Å²) in [5.74, 6) is 1.91. The van der Waals surface area contributed by atoms with Crippen molar-refractivity contribution < 1.29 is 14.5 Å². The molecule has 0 atom stereocenters. The molecule has 1 aromatic carbocycles.